The number of benzene rings is 1. The van der Waals surface area contributed by atoms with Crippen LogP contribution in [0.1, 0.15) is 12.8 Å². The van der Waals surface area contributed by atoms with Crippen LogP contribution in [-0.2, 0) is 0 Å². The molecule has 106 valence electrons. The Kier molecular flexibility index (Phi) is 3.74. The number of aliphatic hydroxyl groups is 1. The van der Waals surface area contributed by atoms with Crippen LogP contribution in [0, 0.1) is 5.92 Å². The summed E-state index contributed by atoms with van der Waals surface area (Å²) >= 11 is 0. The molecule has 1 N–H and O–H groups in total. The van der Waals surface area contributed by atoms with E-state index in [1.54, 1.807) is 7.11 Å². The van der Waals surface area contributed by atoms with Crippen molar-refractivity contribution in [3.63, 3.8) is 0 Å². The molecule has 2 aromatic rings. The monoisotopic (exact) mass is 272 g/mol. The minimum atomic E-state index is 0.273. The Bertz CT molecular complexity index is 600. The molecule has 1 aromatic carbocycles. The maximum Gasteiger partial charge on any atom is 0.136 e. The quantitative estimate of drug-likeness (QED) is 0.928. The Hall–Kier alpha value is -1.81. The molecule has 1 atom stereocenters. The molecule has 4 nitrogen and oxygen atoms in total. The van der Waals surface area contributed by atoms with Crippen LogP contribution in [0.2, 0.25) is 0 Å². The molecule has 0 aliphatic carbocycles. The summed E-state index contributed by atoms with van der Waals surface area (Å²) in [6.45, 7) is 2.26. The van der Waals surface area contributed by atoms with E-state index in [4.69, 9.17) is 9.84 Å². The second-order valence-electron chi connectivity index (χ2n) is 5.30. The molecule has 20 heavy (non-hydrogen) atoms. The maximum absolute atomic E-state index is 9.07. The number of nitrogens with zero attached hydrogens (tertiary/aromatic N) is 2. The summed E-state index contributed by atoms with van der Waals surface area (Å²) in [5.41, 5.74) is 0. The summed E-state index contributed by atoms with van der Waals surface area (Å²) in [7, 11) is 1.70. The molecule has 0 radical (unpaired) electrons. The topological polar surface area (TPSA) is 45.6 Å². The minimum absolute atomic E-state index is 0.273. The number of ether oxygens (including phenoxy) is 1. The van der Waals surface area contributed by atoms with Gasteiger partial charge in [0.15, 0.2) is 0 Å². The normalized spacial score (nSPS) is 18.7. The second-order valence-corrected chi connectivity index (χ2v) is 5.30. The highest BCUT2D eigenvalue weighted by atomic mass is 16.5. The van der Waals surface area contributed by atoms with E-state index in [-0.39, 0.29) is 6.61 Å². The van der Waals surface area contributed by atoms with E-state index in [2.05, 4.69) is 16.0 Å². The highest BCUT2D eigenvalue weighted by molar-refractivity contribution is 5.96. The summed E-state index contributed by atoms with van der Waals surface area (Å²) in [5, 5.41) is 11.3. The number of rotatable bonds is 4. The summed E-state index contributed by atoms with van der Waals surface area (Å²) < 4.78 is 5.43. The van der Waals surface area contributed by atoms with Crippen LogP contribution in [0.4, 0.5) is 5.82 Å². The number of anilines is 1. The van der Waals surface area contributed by atoms with Crippen LogP contribution in [0.3, 0.4) is 0 Å². The van der Waals surface area contributed by atoms with E-state index < -0.39 is 0 Å². The van der Waals surface area contributed by atoms with Crippen LogP contribution in [0.5, 0.6) is 5.75 Å². The van der Waals surface area contributed by atoms with E-state index in [9.17, 15) is 0 Å². The van der Waals surface area contributed by atoms with Crippen molar-refractivity contribution in [3.05, 3.63) is 30.5 Å². The summed E-state index contributed by atoms with van der Waals surface area (Å²) in [4.78, 5) is 6.89. The van der Waals surface area contributed by atoms with Crippen LogP contribution in [-0.4, -0.2) is 36.9 Å². The molecular formula is C16H20N2O2. The van der Waals surface area contributed by atoms with Gasteiger partial charge in [-0.15, -0.1) is 0 Å². The van der Waals surface area contributed by atoms with E-state index >= 15 is 0 Å². The zero-order valence-electron chi connectivity index (χ0n) is 11.7. The first-order valence-electron chi connectivity index (χ1n) is 7.11. The fourth-order valence-electron chi connectivity index (χ4n) is 3.04. The van der Waals surface area contributed by atoms with Gasteiger partial charge in [-0.25, -0.2) is 4.98 Å². The first-order valence-corrected chi connectivity index (χ1v) is 7.11. The minimum Gasteiger partial charge on any atom is -0.496 e. The van der Waals surface area contributed by atoms with Crippen molar-refractivity contribution >= 4 is 16.6 Å². The van der Waals surface area contributed by atoms with Crippen LogP contribution >= 0.6 is 0 Å². The zero-order valence-corrected chi connectivity index (χ0v) is 11.7. The van der Waals surface area contributed by atoms with Gasteiger partial charge < -0.3 is 14.7 Å². The Morgan fingerprint density at radius 2 is 2.25 bits per heavy atom. The second kappa shape index (κ2) is 5.67. The summed E-state index contributed by atoms with van der Waals surface area (Å²) in [6.07, 6.45) is 3.85. The number of hydrogen-bond acceptors (Lipinski definition) is 4. The molecule has 1 fully saturated rings. The van der Waals surface area contributed by atoms with Crippen LogP contribution in [0.25, 0.3) is 10.8 Å². The third kappa shape index (κ3) is 2.31. The predicted molar refractivity (Wildman–Crippen MR) is 80.3 cm³/mol. The average Bonchev–Trinajstić information content (AvgIpc) is 2.95. The largest absolute Gasteiger partial charge is 0.496 e. The Morgan fingerprint density at radius 3 is 3.05 bits per heavy atom. The predicted octanol–water partition coefficient (Wildman–Crippen LogP) is 2.45. The van der Waals surface area contributed by atoms with Gasteiger partial charge in [-0.1, -0.05) is 12.1 Å². The molecule has 0 spiro atoms. The molecule has 4 heteroatoms. The van der Waals surface area contributed by atoms with Gasteiger partial charge in [-0.3, -0.25) is 0 Å². The Morgan fingerprint density at radius 1 is 1.35 bits per heavy atom. The van der Waals surface area contributed by atoms with E-state index in [0.717, 1.165) is 48.3 Å². The van der Waals surface area contributed by atoms with E-state index in [1.165, 1.54) is 0 Å². The van der Waals surface area contributed by atoms with E-state index in [0.29, 0.717) is 5.92 Å². The lowest BCUT2D eigenvalue weighted by atomic mass is 10.1. The SMILES string of the molecule is COc1cccc2c(N3CCC(CCO)C3)nccc12. The van der Waals surface area contributed by atoms with Gasteiger partial charge in [0.1, 0.15) is 11.6 Å². The number of methoxy groups -OCH3 is 1. The third-order valence-electron chi connectivity index (χ3n) is 4.09. The molecule has 2 heterocycles. The van der Waals surface area contributed by atoms with Crippen molar-refractivity contribution in [2.75, 3.05) is 31.7 Å². The number of fused-ring (bicyclic) bond motifs is 1. The summed E-state index contributed by atoms with van der Waals surface area (Å²) in [6, 6.07) is 8.08. The van der Waals surface area contributed by atoms with Crippen molar-refractivity contribution in [1.29, 1.82) is 0 Å². The van der Waals surface area contributed by atoms with Gasteiger partial charge >= 0.3 is 0 Å². The van der Waals surface area contributed by atoms with Crippen molar-refractivity contribution in [1.82, 2.24) is 4.98 Å². The fraction of sp³-hybridized carbons (Fsp3) is 0.438. The molecule has 1 aliphatic heterocycles. The fourth-order valence-corrected chi connectivity index (χ4v) is 3.04. The standard InChI is InChI=1S/C16H20N2O2/c1-20-15-4-2-3-14-13(15)5-8-17-16(14)18-9-6-12(11-18)7-10-19/h2-5,8,12,19H,6-7,9-11H2,1H3. The third-order valence-corrected chi connectivity index (χ3v) is 4.09. The molecule has 1 aromatic heterocycles. The van der Waals surface area contributed by atoms with Crippen LogP contribution in [0.15, 0.2) is 30.5 Å². The molecular weight excluding hydrogens is 252 g/mol. The van der Waals surface area contributed by atoms with Crippen molar-refractivity contribution in [2.45, 2.75) is 12.8 Å². The lowest BCUT2D eigenvalue weighted by molar-refractivity contribution is 0.263. The number of aliphatic hydroxyl groups excluding tert-OH is 1. The number of pyridine rings is 1. The van der Waals surface area contributed by atoms with Crippen molar-refractivity contribution in [2.24, 2.45) is 5.92 Å². The van der Waals surface area contributed by atoms with Gasteiger partial charge in [0.05, 0.1) is 7.11 Å². The average molecular weight is 272 g/mol. The first kappa shape index (κ1) is 13.2. The van der Waals surface area contributed by atoms with Crippen molar-refractivity contribution in [3.8, 4) is 5.75 Å². The zero-order chi connectivity index (χ0) is 13.9. The molecule has 1 saturated heterocycles. The summed E-state index contributed by atoms with van der Waals surface area (Å²) in [5.74, 6) is 2.49. The smallest absolute Gasteiger partial charge is 0.136 e. The Balaban J connectivity index is 1.96. The molecule has 1 unspecified atom stereocenters. The van der Waals surface area contributed by atoms with Crippen molar-refractivity contribution < 1.29 is 9.84 Å². The Labute approximate surface area is 119 Å². The lowest BCUT2D eigenvalue weighted by Gasteiger charge is -2.20. The number of hydrogen-bond donors (Lipinski definition) is 1. The molecule has 0 amide bonds. The molecule has 1 aliphatic rings. The van der Waals surface area contributed by atoms with Gasteiger partial charge in [-0.2, -0.15) is 0 Å². The number of aromatic nitrogens is 1. The van der Waals surface area contributed by atoms with Gasteiger partial charge in [0.2, 0.25) is 0 Å². The lowest BCUT2D eigenvalue weighted by Crippen LogP contribution is -2.21. The van der Waals surface area contributed by atoms with Gasteiger partial charge in [0.25, 0.3) is 0 Å². The van der Waals surface area contributed by atoms with Gasteiger partial charge in [0, 0.05) is 36.7 Å². The molecule has 3 rings (SSSR count). The van der Waals surface area contributed by atoms with E-state index in [1.807, 2.05) is 24.4 Å². The molecule has 0 saturated carbocycles. The first-order chi connectivity index (χ1) is 9.83. The molecule has 0 bridgehead atoms. The highest BCUT2D eigenvalue weighted by Gasteiger charge is 2.24. The maximum atomic E-state index is 9.07. The van der Waals surface area contributed by atoms with Crippen LogP contribution < -0.4 is 9.64 Å². The van der Waals surface area contributed by atoms with Gasteiger partial charge in [-0.05, 0) is 30.9 Å². The highest BCUT2D eigenvalue weighted by Crippen LogP contribution is 2.33.